The fourth-order valence-corrected chi connectivity index (χ4v) is 6.58. The summed E-state index contributed by atoms with van der Waals surface area (Å²) in [5.74, 6) is 0.0169. The quantitative estimate of drug-likeness (QED) is 0.325. The van der Waals surface area contributed by atoms with E-state index in [-0.39, 0.29) is 23.2 Å². The molecule has 0 bridgehead atoms. The summed E-state index contributed by atoms with van der Waals surface area (Å²) in [7, 11) is 1.68. The molecule has 1 fully saturated rings. The van der Waals surface area contributed by atoms with Gasteiger partial charge in [-0.3, -0.25) is 14.4 Å². The number of anilines is 3. The largest absolute Gasteiger partial charge is 0.378 e. The Morgan fingerprint density at radius 3 is 2.55 bits per heavy atom. The molecule has 0 saturated carbocycles. The maximum absolute atomic E-state index is 13.1. The summed E-state index contributed by atoms with van der Waals surface area (Å²) in [6, 6.07) is 14.7. The van der Waals surface area contributed by atoms with E-state index in [4.69, 9.17) is 4.74 Å². The van der Waals surface area contributed by atoms with E-state index < -0.39 is 0 Å². The maximum atomic E-state index is 13.1. The monoisotopic (exact) mass is 583 g/mol. The van der Waals surface area contributed by atoms with E-state index in [1.54, 1.807) is 53.7 Å². The average molecular weight is 584 g/mol. The smallest absolute Gasteiger partial charge is 0.293 e. The molecular formula is C32H33N5O4S. The van der Waals surface area contributed by atoms with Crippen molar-refractivity contribution in [2.24, 2.45) is 7.05 Å². The highest BCUT2D eigenvalue weighted by Gasteiger charge is 2.20. The lowest BCUT2D eigenvalue weighted by Crippen LogP contribution is -2.40. The lowest BCUT2D eigenvalue weighted by Gasteiger charge is -2.26. The molecule has 42 heavy (non-hydrogen) atoms. The minimum atomic E-state index is -0.281. The molecule has 2 aliphatic rings. The van der Waals surface area contributed by atoms with Crippen molar-refractivity contribution in [2.75, 3.05) is 36.9 Å². The molecule has 4 aromatic rings. The number of aromatic nitrogens is 2. The normalized spacial score (nSPS) is 14.8. The number of amides is 2. The second-order valence-corrected chi connectivity index (χ2v) is 11.8. The van der Waals surface area contributed by atoms with Crippen molar-refractivity contribution in [3.8, 4) is 11.3 Å². The molecule has 2 aromatic carbocycles. The topological polar surface area (TPSA) is 106 Å². The summed E-state index contributed by atoms with van der Waals surface area (Å²) >= 11 is 1.59. The van der Waals surface area contributed by atoms with Gasteiger partial charge >= 0.3 is 0 Å². The van der Waals surface area contributed by atoms with Crippen molar-refractivity contribution in [3.63, 3.8) is 0 Å². The number of hydrogen-bond donors (Lipinski definition) is 2. The molecule has 1 saturated heterocycles. The summed E-state index contributed by atoms with van der Waals surface area (Å²) in [5.41, 5.74) is 5.21. The van der Waals surface area contributed by atoms with Gasteiger partial charge in [-0.1, -0.05) is 12.1 Å². The number of ether oxygens (including phenoxy) is 1. The third kappa shape index (κ3) is 5.73. The molecule has 2 aromatic heterocycles. The Hall–Kier alpha value is -4.28. The number of fused-ring (bicyclic) bond motifs is 1. The molecule has 6 rings (SSSR count). The predicted molar refractivity (Wildman–Crippen MR) is 165 cm³/mol. The van der Waals surface area contributed by atoms with E-state index in [0.717, 1.165) is 28.8 Å². The Morgan fingerprint density at radius 1 is 1.02 bits per heavy atom. The first-order valence-corrected chi connectivity index (χ1v) is 15.0. The van der Waals surface area contributed by atoms with Crippen molar-refractivity contribution in [2.45, 2.75) is 32.6 Å². The van der Waals surface area contributed by atoms with E-state index in [2.05, 4.69) is 15.6 Å². The van der Waals surface area contributed by atoms with Crippen molar-refractivity contribution >= 4 is 40.3 Å². The van der Waals surface area contributed by atoms with Crippen LogP contribution in [0, 0.1) is 6.92 Å². The van der Waals surface area contributed by atoms with E-state index >= 15 is 0 Å². The summed E-state index contributed by atoms with van der Waals surface area (Å²) in [4.78, 5) is 47.4. The third-order valence-corrected chi connectivity index (χ3v) is 9.08. The summed E-state index contributed by atoms with van der Waals surface area (Å²) in [6.45, 7) is 4.18. The van der Waals surface area contributed by atoms with Crippen LogP contribution in [0.4, 0.5) is 17.2 Å². The van der Waals surface area contributed by atoms with Crippen LogP contribution in [0.5, 0.6) is 0 Å². The van der Waals surface area contributed by atoms with Gasteiger partial charge in [-0.15, -0.1) is 11.3 Å². The number of aryl methyl sites for hydroxylation is 3. The third-order valence-electron chi connectivity index (χ3n) is 7.84. The van der Waals surface area contributed by atoms with Gasteiger partial charge in [0.25, 0.3) is 17.4 Å². The van der Waals surface area contributed by atoms with Crippen molar-refractivity contribution in [1.29, 1.82) is 0 Å². The number of morpholine rings is 1. The highest BCUT2D eigenvalue weighted by atomic mass is 32.1. The molecule has 9 nitrogen and oxygen atoms in total. The number of benzene rings is 2. The number of carbonyl (C=O) groups excluding carboxylic acids is 2. The number of nitrogens with one attached hydrogen (secondary N) is 2. The minimum absolute atomic E-state index is 0.0398. The standard InChI is InChI=1S/C32H33N5O4S/c1-20-24(7-5-8-25(20)35-30(38)28-18-22-6-3-4-9-27(22)42-28)26-19-36(2)32(40)29(34-26)33-23-12-10-21(11-13-23)31(39)37-14-16-41-17-15-37/h5,7-8,10-13,18-19H,3-4,6,9,14-17H2,1-2H3,(H,33,34)(H,35,38). The van der Waals surface area contributed by atoms with E-state index in [1.807, 2.05) is 31.2 Å². The molecule has 2 amide bonds. The molecule has 0 unspecified atom stereocenters. The zero-order chi connectivity index (χ0) is 29.2. The second-order valence-electron chi connectivity index (χ2n) is 10.7. The van der Waals surface area contributed by atoms with Gasteiger partial charge in [0.2, 0.25) is 0 Å². The predicted octanol–water partition coefficient (Wildman–Crippen LogP) is 5.16. The number of rotatable bonds is 6. The lowest BCUT2D eigenvalue weighted by molar-refractivity contribution is 0.0303. The van der Waals surface area contributed by atoms with Gasteiger partial charge in [0, 0.05) is 53.7 Å². The van der Waals surface area contributed by atoms with E-state index in [0.29, 0.717) is 48.9 Å². The highest BCUT2D eigenvalue weighted by molar-refractivity contribution is 7.14. The molecule has 10 heteroatoms. The molecule has 1 aliphatic carbocycles. The highest BCUT2D eigenvalue weighted by Crippen LogP contribution is 2.32. The van der Waals surface area contributed by atoms with Crippen molar-refractivity contribution in [1.82, 2.24) is 14.5 Å². The Kier molecular flexibility index (Phi) is 7.90. The first kappa shape index (κ1) is 27.9. The Morgan fingerprint density at radius 2 is 1.79 bits per heavy atom. The molecule has 0 radical (unpaired) electrons. The van der Waals surface area contributed by atoms with Crippen molar-refractivity contribution in [3.05, 3.63) is 91.5 Å². The Labute approximate surface area is 248 Å². The van der Waals surface area contributed by atoms with Gasteiger partial charge in [-0.25, -0.2) is 4.98 Å². The molecule has 3 heterocycles. The van der Waals surface area contributed by atoms with Crippen LogP contribution in [-0.4, -0.2) is 52.6 Å². The van der Waals surface area contributed by atoms with Gasteiger partial charge in [-0.05, 0) is 80.1 Å². The first-order valence-electron chi connectivity index (χ1n) is 14.2. The lowest BCUT2D eigenvalue weighted by atomic mass is 9.99. The van der Waals surface area contributed by atoms with Crippen molar-refractivity contribution < 1.29 is 14.3 Å². The second kappa shape index (κ2) is 11.9. The molecule has 0 atom stereocenters. The van der Waals surface area contributed by atoms with E-state index in [9.17, 15) is 14.4 Å². The molecule has 2 N–H and O–H groups in total. The number of hydrogen-bond acceptors (Lipinski definition) is 7. The van der Waals surface area contributed by atoms with Gasteiger partial charge in [0.1, 0.15) is 0 Å². The van der Waals surface area contributed by atoms with Crippen LogP contribution in [0.1, 0.15) is 48.9 Å². The van der Waals surface area contributed by atoms with Crippen LogP contribution in [0.3, 0.4) is 0 Å². The summed E-state index contributed by atoms with van der Waals surface area (Å²) < 4.78 is 6.82. The first-order chi connectivity index (χ1) is 20.4. The molecule has 0 spiro atoms. The Balaban J connectivity index is 1.22. The zero-order valence-electron chi connectivity index (χ0n) is 23.7. The molecular weight excluding hydrogens is 550 g/mol. The van der Waals surface area contributed by atoms with Crippen LogP contribution in [0.2, 0.25) is 0 Å². The number of carbonyl (C=O) groups is 2. The van der Waals surface area contributed by atoms with Gasteiger partial charge in [-0.2, -0.15) is 0 Å². The van der Waals surface area contributed by atoms with Gasteiger partial charge in [0.15, 0.2) is 5.82 Å². The van der Waals surface area contributed by atoms with E-state index in [1.165, 1.54) is 27.8 Å². The average Bonchev–Trinajstić information content (AvgIpc) is 3.46. The minimum Gasteiger partial charge on any atom is -0.378 e. The van der Waals surface area contributed by atoms with Crippen LogP contribution in [0.15, 0.2) is 59.5 Å². The number of nitrogens with zero attached hydrogens (tertiary/aromatic N) is 3. The van der Waals surface area contributed by atoms with Crippen LogP contribution in [0.25, 0.3) is 11.3 Å². The Bertz CT molecular complexity index is 1680. The summed E-state index contributed by atoms with van der Waals surface area (Å²) in [5, 5.41) is 6.21. The molecule has 216 valence electrons. The van der Waals surface area contributed by atoms with Crippen LogP contribution >= 0.6 is 11.3 Å². The van der Waals surface area contributed by atoms with Crippen LogP contribution in [-0.2, 0) is 24.6 Å². The fourth-order valence-electron chi connectivity index (χ4n) is 5.43. The summed E-state index contributed by atoms with van der Waals surface area (Å²) in [6.07, 6.45) is 6.14. The van der Waals surface area contributed by atoms with Crippen LogP contribution < -0.4 is 16.2 Å². The zero-order valence-corrected chi connectivity index (χ0v) is 24.6. The molecule has 1 aliphatic heterocycles. The fraction of sp³-hybridized carbons (Fsp3) is 0.312. The number of thiophene rings is 1. The SMILES string of the molecule is Cc1c(NC(=O)c2cc3c(s2)CCCC3)cccc1-c1cn(C)c(=O)c(Nc2ccc(C(=O)N3CCOCC3)cc2)n1. The maximum Gasteiger partial charge on any atom is 0.293 e. The van der Waals surface area contributed by atoms with Gasteiger partial charge < -0.3 is 24.8 Å². The van der Waals surface area contributed by atoms with Gasteiger partial charge in [0.05, 0.1) is 23.8 Å².